The number of hydrogen-bond donors (Lipinski definition) is 6. The summed E-state index contributed by atoms with van der Waals surface area (Å²) in [5.74, 6) is -0.230. The predicted molar refractivity (Wildman–Crippen MR) is 306 cm³/mol. The van der Waals surface area contributed by atoms with Gasteiger partial charge in [0, 0.05) is 12.8 Å². The third kappa shape index (κ3) is 41.7. The lowest BCUT2D eigenvalue weighted by Crippen LogP contribution is -2.60. The second kappa shape index (κ2) is 52.7. The molecule has 1 fully saturated rings. The van der Waals surface area contributed by atoms with Gasteiger partial charge in [-0.25, -0.2) is 0 Å². The Bertz CT molecular complexity index is 1370. The molecule has 0 saturated carbocycles. The van der Waals surface area contributed by atoms with Crippen LogP contribution in [0.3, 0.4) is 0 Å². The maximum absolute atomic E-state index is 13.1. The molecule has 11 nitrogen and oxygen atoms in total. The average Bonchev–Trinajstić information content (AvgIpc) is 3.40. The van der Waals surface area contributed by atoms with E-state index in [1.54, 1.807) is 6.08 Å². The van der Waals surface area contributed by atoms with Crippen LogP contribution in [0.2, 0.25) is 0 Å². The van der Waals surface area contributed by atoms with Gasteiger partial charge < -0.3 is 45.1 Å². The van der Waals surface area contributed by atoms with Crippen molar-refractivity contribution in [1.29, 1.82) is 0 Å². The van der Waals surface area contributed by atoms with Crippen molar-refractivity contribution in [1.82, 2.24) is 5.32 Å². The van der Waals surface area contributed by atoms with Crippen LogP contribution in [0.4, 0.5) is 0 Å². The number of ether oxygens (including phenoxy) is 3. The van der Waals surface area contributed by atoms with Gasteiger partial charge in [0.25, 0.3) is 0 Å². The number of hydrogen-bond acceptors (Lipinski definition) is 10. The first-order valence-corrected chi connectivity index (χ1v) is 30.9. The maximum atomic E-state index is 13.1. The van der Waals surface area contributed by atoms with Gasteiger partial charge in [-0.3, -0.25) is 9.59 Å². The average molecular weight is 1050 g/mol. The highest BCUT2D eigenvalue weighted by atomic mass is 16.7. The molecule has 7 unspecified atom stereocenters. The summed E-state index contributed by atoms with van der Waals surface area (Å²) >= 11 is 0. The van der Waals surface area contributed by atoms with Crippen molar-refractivity contribution in [2.45, 2.75) is 320 Å². The SMILES string of the molecule is CCCCC/C=C\CCCCCCCC(=O)OCCCCC/C=C\C=C/CCCCCCCCCCCCC(=O)NC(COC1OC(CO)C(O)C(O)C1O)C(O)/C=C/CCCCCCCCCCCCCCC. The molecule has 7 atom stereocenters. The van der Waals surface area contributed by atoms with Gasteiger partial charge in [-0.1, -0.05) is 223 Å². The summed E-state index contributed by atoms with van der Waals surface area (Å²) in [6, 6.07) is -0.819. The number of allylic oxidation sites excluding steroid dienone is 7. The molecule has 0 aromatic rings. The molecule has 0 aromatic heterocycles. The van der Waals surface area contributed by atoms with Gasteiger partial charge in [0.15, 0.2) is 6.29 Å². The van der Waals surface area contributed by atoms with Gasteiger partial charge >= 0.3 is 5.97 Å². The van der Waals surface area contributed by atoms with Gasteiger partial charge in [0.05, 0.1) is 32.0 Å². The third-order valence-corrected chi connectivity index (χ3v) is 14.4. The Hall–Kier alpha value is -2.38. The van der Waals surface area contributed by atoms with E-state index in [-0.39, 0.29) is 18.5 Å². The van der Waals surface area contributed by atoms with Crippen molar-refractivity contribution < 1.29 is 49.3 Å². The van der Waals surface area contributed by atoms with Crippen molar-refractivity contribution in [3.05, 3.63) is 48.6 Å². The molecule has 11 heteroatoms. The van der Waals surface area contributed by atoms with Crippen LogP contribution in [-0.4, -0.2) is 100 Å². The fourth-order valence-corrected chi connectivity index (χ4v) is 9.48. The largest absolute Gasteiger partial charge is 0.466 e. The zero-order chi connectivity index (χ0) is 53.8. The van der Waals surface area contributed by atoms with Gasteiger partial charge in [-0.05, 0) is 89.9 Å². The Balaban J connectivity index is 2.13. The van der Waals surface area contributed by atoms with Crippen LogP contribution in [0.25, 0.3) is 0 Å². The zero-order valence-corrected chi connectivity index (χ0v) is 47.6. The Morgan fingerprint density at radius 3 is 1.41 bits per heavy atom. The van der Waals surface area contributed by atoms with Crippen LogP contribution in [0.1, 0.15) is 277 Å². The first kappa shape index (κ1) is 69.6. The van der Waals surface area contributed by atoms with Crippen molar-refractivity contribution in [2.75, 3.05) is 19.8 Å². The lowest BCUT2D eigenvalue weighted by molar-refractivity contribution is -0.302. The van der Waals surface area contributed by atoms with E-state index in [9.17, 15) is 35.1 Å². The van der Waals surface area contributed by atoms with E-state index in [1.165, 1.54) is 161 Å². The first-order chi connectivity index (χ1) is 36.2. The van der Waals surface area contributed by atoms with Gasteiger partial charge in [-0.2, -0.15) is 0 Å². The molecule has 432 valence electrons. The monoisotopic (exact) mass is 1050 g/mol. The minimum absolute atomic E-state index is 0.0386. The maximum Gasteiger partial charge on any atom is 0.305 e. The summed E-state index contributed by atoms with van der Waals surface area (Å²) in [7, 11) is 0. The van der Waals surface area contributed by atoms with Crippen molar-refractivity contribution >= 4 is 11.9 Å². The van der Waals surface area contributed by atoms with E-state index in [0.717, 1.165) is 89.9 Å². The first-order valence-electron chi connectivity index (χ1n) is 30.9. The summed E-state index contributed by atoms with van der Waals surface area (Å²) in [6.07, 6.45) is 56.2. The number of rotatable bonds is 53. The third-order valence-electron chi connectivity index (χ3n) is 14.4. The van der Waals surface area contributed by atoms with Crippen LogP contribution in [0, 0.1) is 0 Å². The highest BCUT2D eigenvalue weighted by molar-refractivity contribution is 5.76. The van der Waals surface area contributed by atoms with Crippen LogP contribution in [0.5, 0.6) is 0 Å². The van der Waals surface area contributed by atoms with Crippen molar-refractivity contribution in [3.63, 3.8) is 0 Å². The standard InChI is InChI=1S/C63H115NO10/c1-3-5-7-9-11-13-15-17-23-26-29-33-37-41-45-49-56(66)55(54-73-63-62(71)61(70)60(69)57(53-65)74-63)64-58(67)50-46-42-38-34-30-27-24-21-19-18-20-22-25-28-32-36-40-44-48-52-72-59(68)51-47-43-39-35-31-16-14-12-10-8-6-4-2/h12,14,22,25,28,32,45,49,55-57,60-63,65-66,69-71H,3-11,13,15-21,23-24,26-27,29-31,33-44,46-48,50-54H2,1-2H3,(H,64,67)/b14-12-,25-22-,32-28-,49-45+. The van der Waals surface area contributed by atoms with Gasteiger partial charge in [0.2, 0.25) is 5.91 Å². The molecule has 0 aromatic carbocycles. The summed E-state index contributed by atoms with van der Waals surface area (Å²) in [5, 5.41) is 54.5. The summed E-state index contributed by atoms with van der Waals surface area (Å²) in [5.41, 5.74) is 0. The lowest BCUT2D eigenvalue weighted by atomic mass is 9.99. The molecule has 0 spiro atoms. The quantitative estimate of drug-likeness (QED) is 0.0149. The van der Waals surface area contributed by atoms with Gasteiger partial charge in [0.1, 0.15) is 24.4 Å². The Morgan fingerprint density at radius 1 is 0.500 bits per heavy atom. The minimum atomic E-state index is -1.58. The normalized spacial score (nSPS) is 19.1. The number of amides is 1. The zero-order valence-electron chi connectivity index (χ0n) is 47.6. The van der Waals surface area contributed by atoms with E-state index in [2.05, 4.69) is 55.6 Å². The highest BCUT2D eigenvalue weighted by Crippen LogP contribution is 2.23. The second-order valence-electron chi connectivity index (χ2n) is 21.4. The second-order valence-corrected chi connectivity index (χ2v) is 21.4. The smallest absolute Gasteiger partial charge is 0.305 e. The molecule has 0 radical (unpaired) electrons. The number of aliphatic hydroxyl groups is 5. The molecule has 1 aliphatic rings. The molecular weight excluding hydrogens is 931 g/mol. The number of aliphatic hydroxyl groups excluding tert-OH is 5. The minimum Gasteiger partial charge on any atom is -0.466 e. The predicted octanol–water partition coefficient (Wildman–Crippen LogP) is 14.5. The van der Waals surface area contributed by atoms with E-state index in [0.29, 0.717) is 19.4 Å². The fourth-order valence-electron chi connectivity index (χ4n) is 9.48. The van der Waals surface area contributed by atoms with Crippen LogP contribution < -0.4 is 5.32 Å². The van der Waals surface area contributed by atoms with Crippen molar-refractivity contribution in [2.24, 2.45) is 0 Å². The number of carbonyl (C=O) groups excluding carboxylic acids is 2. The van der Waals surface area contributed by atoms with E-state index < -0.39 is 49.5 Å². The van der Waals surface area contributed by atoms with Crippen LogP contribution >= 0.6 is 0 Å². The van der Waals surface area contributed by atoms with Crippen LogP contribution in [-0.2, 0) is 23.8 Å². The Labute approximate surface area is 453 Å². The number of esters is 1. The molecule has 1 amide bonds. The topological polar surface area (TPSA) is 175 Å². The highest BCUT2D eigenvalue weighted by Gasteiger charge is 2.44. The molecule has 74 heavy (non-hydrogen) atoms. The Kier molecular flexibility index (Phi) is 49.6. The molecular formula is C63H115NO10. The summed E-state index contributed by atoms with van der Waals surface area (Å²) in [4.78, 5) is 25.1. The molecule has 0 aliphatic carbocycles. The van der Waals surface area contributed by atoms with Crippen LogP contribution in [0.15, 0.2) is 48.6 Å². The van der Waals surface area contributed by atoms with E-state index in [1.807, 2.05) is 6.08 Å². The van der Waals surface area contributed by atoms with Gasteiger partial charge in [-0.15, -0.1) is 0 Å². The summed E-state index contributed by atoms with van der Waals surface area (Å²) in [6.45, 7) is 4.28. The van der Waals surface area contributed by atoms with Crippen molar-refractivity contribution in [3.8, 4) is 0 Å². The molecule has 1 saturated heterocycles. The summed E-state index contributed by atoms with van der Waals surface area (Å²) < 4.78 is 16.7. The number of carbonyl (C=O) groups is 2. The molecule has 1 heterocycles. The van der Waals surface area contributed by atoms with E-state index >= 15 is 0 Å². The molecule has 0 bridgehead atoms. The molecule has 1 rings (SSSR count). The van der Waals surface area contributed by atoms with E-state index in [4.69, 9.17) is 14.2 Å². The molecule has 6 N–H and O–H groups in total. The lowest BCUT2D eigenvalue weighted by Gasteiger charge is -2.40. The number of unbranched alkanes of at least 4 members (excludes halogenated alkanes) is 34. The number of nitrogens with one attached hydrogen (secondary N) is 1. The fraction of sp³-hybridized carbons (Fsp3) is 0.841. The molecule has 1 aliphatic heterocycles. The Morgan fingerprint density at radius 2 is 0.905 bits per heavy atom.